The fourth-order valence-electron chi connectivity index (χ4n) is 2.71. The molecule has 0 aromatic heterocycles. The van der Waals surface area contributed by atoms with Gasteiger partial charge in [-0.15, -0.1) is 6.58 Å². The molecule has 0 bridgehead atoms. The summed E-state index contributed by atoms with van der Waals surface area (Å²) in [6.45, 7) is 5.00. The SMILES string of the molecule is C=CCC[C@H]1CO[C@H](C#Cc2ccc(-c3ccc(F)c(F)c3)cc2)OC1. The van der Waals surface area contributed by atoms with Crippen LogP contribution < -0.4 is 0 Å². The van der Waals surface area contributed by atoms with Gasteiger partial charge in [-0.3, -0.25) is 0 Å². The summed E-state index contributed by atoms with van der Waals surface area (Å²) in [4.78, 5) is 0. The Morgan fingerprint density at radius 1 is 1.00 bits per heavy atom. The van der Waals surface area contributed by atoms with Gasteiger partial charge in [0.15, 0.2) is 11.6 Å². The van der Waals surface area contributed by atoms with Crippen molar-refractivity contribution in [1.29, 1.82) is 0 Å². The van der Waals surface area contributed by atoms with Crippen molar-refractivity contribution < 1.29 is 18.3 Å². The summed E-state index contributed by atoms with van der Waals surface area (Å²) in [5, 5.41) is 0. The summed E-state index contributed by atoms with van der Waals surface area (Å²) in [6.07, 6.45) is 3.35. The average molecular weight is 354 g/mol. The van der Waals surface area contributed by atoms with Gasteiger partial charge in [-0.1, -0.05) is 30.2 Å². The van der Waals surface area contributed by atoms with Crippen molar-refractivity contribution in [3.05, 3.63) is 72.3 Å². The van der Waals surface area contributed by atoms with Crippen LogP contribution in [0.25, 0.3) is 11.1 Å². The Hall–Kier alpha value is -2.48. The molecule has 0 amide bonds. The first-order chi connectivity index (χ1) is 12.7. The molecule has 0 aliphatic carbocycles. The van der Waals surface area contributed by atoms with Crippen LogP contribution in [0.5, 0.6) is 0 Å². The van der Waals surface area contributed by atoms with Gasteiger partial charge in [-0.25, -0.2) is 8.78 Å². The second kappa shape index (κ2) is 8.75. The zero-order chi connectivity index (χ0) is 18.4. The first kappa shape index (κ1) is 18.3. The highest BCUT2D eigenvalue weighted by Crippen LogP contribution is 2.22. The number of rotatable bonds is 4. The molecule has 3 rings (SSSR count). The van der Waals surface area contributed by atoms with Crippen LogP contribution in [-0.4, -0.2) is 19.5 Å². The number of hydrogen-bond donors (Lipinski definition) is 0. The molecule has 4 heteroatoms. The van der Waals surface area contributed by atoms with Crippen molar-refractivity contribution >= 4 is 0 Å². The van der Waals surface area contributed by atoms with Crippen molar-refractivity contribution in [1.82, 2.24) is 0 Å². The zero-order valence-electron chi connectivity index (χ0n) is 14.4. The standard InChI is InChI=1S/C22H20F2O2/c1-2-3-4-17-14-25-22(26-15-17)12-7-16-5-8-18(9-6-16)19-10-11-20(23)21(24)13-19/h2,5-6,8-11,13,17,22H,1,3-4,14-15H2/t17-,22-. The lowest BCUT2D eigenvalue weighted by Gasteiger charge is -2.26. The molecule has 1 aliphatic heterocycles. The minimum absolute atomic E-state index is 0.390. The Kier molecular flexibility index (Phi) is 6.17. The number of halogens is 2. The second-order valence-electron chi connectivity index (χ2n) is 6.21. The van der Waals surface area contributed by atoms with Crippen LogP contribution in [0.4, 0.5) is 8.78 Å². The maximum absolute atomic E-state index is 13.3. The van der Waals surface area contributed by atoms with Crippen LogP contribution >= 0.6 is 0 Å². The molecule has 0 atom stereocenters. The zero-order valence-corrected chi connectivity index (χ0v) is 14.4. The highest BCUT2D eigenvalue weighted by molar-refractivity contribution is 5.64. The van der Waals surface area contributed by atoms with Crippen LogP contribution in [0, 0.1) is 29.4 Å². The van der Waals surface area contributed by atoms with Crippen LogP contribution in [-0.2, 0) is 9.47 Å². The lowest BCUT2D eigenvalue weighted by molar-refractivity contribution is -0.169. The molecular weight excluding hydrogens is 334 g/mol. The largest absolute Gasteiger partial charge is 0.342 e. The van der Waals surface area contributed by atoms with Gasteiger partial charge in [-0.05, 0) is 54.2 Å². The average Bonchev–Trinajstić information content (AvgIpc) is 2.68. The van der Waals surface area contributed by atoms with Gasteiger partial charge in [0.05, 0.1) is 13.2 Å². The molecule has 1 heterocycles. The number of allylic oxidation sites excluding steroid dienone is 1. The van der Waals surface area contributed by atoms with Crippen LogP contribution in [0.2, 0.25) is 0 Å². The van der Waals surface area contributed by atoms with E-state index in [0.717, 1.165) is 30.0 Å². The number of ether oxygens (including phenoxy) is 2. The van der Waals surface area contributed by atoms with Crippen molar-refractivity contribution in [3.8, 4) is 23.0 Å². The molecule has 26 heavy (non-hydrogen) atoms. The van der Waals surface area contributed by atoms with Crippen LogP contribution in [0.1, 0.15) is 18.4 Å². The minimum atomic E-state index is -0.857. The number of benzene rings is 2. The van der Waals surface area contributed by atoms with Gasteiger partial charge >= 0.3 is 0 Å². The van der Waals surface area contributed by atoms with Gasteiger partial charge in [0.1, 0.15) is 0 Å². The first-order valence-electron chi connectivity index (χ1n) is 8.57. The van der Waals surface area contributed by atoms with Gasteiger partial charge in [-0.2, -0.15) is 0 Å². The van der Waals surface area contributed by atoms with E-state index in [-0.39, 0.29) is 0 Å². The lowest BCUT2D eigenvalue weighted by Crippen LogP contribution is -2.31. The lowest BCUT2D eigenvalue weighted by atomic mass is 10.0. The quantitative estimate of drug-likeness (QED) is 0.572. The van der Waals surface area contributed by atoms with E-state index in [1.165, 1.54) is 6.07 Å². The molecule has 2 nitrogen and oxygen atoms in total. The molecule has 0 radical (unpaired) electrons. The molecule has 0 spiro atoms. The normalized spacial score (nSPS) is 19.5. The van der Waals surface area contributed by atoms with E-state index in [1.54, 1.807) is 6.07 Å². The maximum atomic E-state index is 13.3. The van der Waals surface area contributed by atoms with Crippen molar-refractivity contribution in [3.63, 3.8) is 0 Å². The van der Waals surface area contributed by atoms with Crippen LogP contribution in [0.15, 0.2) is 55.1 Å². The van der Waals surface area contributed by atoms with E-state index in [1.807, 2.05) is 30.3 Å². The minimum Gasteiger partial charge on any atom is -0.342 e. The Bertz CT molecular complexity index is 810. The molecule has 2 aromatic rings. The summed E-state index contributed by atoms with van der Waals surface area (Å²) in [7, 11) is 0. The Labute approximate surface area is 152 Å². The van der Waals surface area contributed by atoms with E-state index in [2.05, 4.69) is 18.4 Å². The third kappa shape index (κ3) is 4.78. The highest BCUT2D eigenvalue weighted by Gasteiger charge is 2.19. The molecular formula is C22H20F2O2. The second-order valence-corrected chi connectivity index (χ2v) is 6.21. The van der Waals surface area contributed by atoms with E-state index < -0.39 is 17.9 Å². The Morgan fingerprint density at radius 2 is 1.69 bits per heavy atom. The predicted octanol–water partition coefficient (Wildman–Crippen LogP) is 4.94. The third-order valence-corrected chi connectivity index (χ3v) is 4.22. The van der Waals surface area contributed by atoms with Crippen molar-refractivity contribution in [2.24, 2.45) is 5.92 Å². The van der Waals surface area contributed by atoms with E-state index in [9.17, 15) is 8.78 Å². The molecule has 0 unspecified atom stereocenters. The fourth-order valence-corrected chi connectivity index (χ4v) is 2.71. The smallest absolute Gasteiger partial charge is 0.222 e. The fraction of sp³-hybridized carbons (Fsp3) is 0.273. The summed E-state index contributed by atoms with van der Waals surface area (Å²) in [6, 6.07) is 11.2. The van der Waals surface area contributed by atoms with E-state index in [4.69, 9.17) is 9.47 Å². The third-order valence-electron chi connectivity index (χ3n) is 4.22. The molecule has 1 aliphatic rings. The summed E-state index contributed by atoms with van der Waals surface area (Å²) in [5.74, 6) is 4.67. The molecule has 0 saturated carbocycles. The van der Waals surface area contributed by atoms with Crippen molar-refractivity contribution in [2.45, 2.75) is 19.1 Å². The van der Waals surface area contributed by atoms with Gasteiger partial charge in [0.2, 0.25) is 6.29 Å². The van der Waals surface area contributed by atoms with Gasteiger partial charge < -0.3 is 9.47 Å². The van der Waals surface area contributed by atoms with Crippen molar-refractivity contribution in [2.75, 3.05) is 13.2 Å². The predicted molar refractivity (Wildman–Crippen MR) is 97.3 cm³/mol. The van der Waals surface area contributed by atoms with Gasteiger partial charge in [0, 0.05) is 11.5 Å². The van der Waals surface area contributed by atoms with Gasteiger partial charge in [0.25, 0.3) is 0 Å². The first-order valence-corrected chi connectivity index (χ1v) is 8.57. The summed E-state index contributed by atoms with van der Waals surface area (Å²) < 4.78 is 37.6. The van der Waals surface area contributed by atoms with Crippen LogP contribution in [0.3, 0.4) is 0 Å². The topological polar surface area (TPSA) is 18.5 Å². The maximum Gasteiger partial charge on any atom is 0.222 e. The Morgan fingerprint density at radius 3 is 2.35 bits per heavy atom. The molecule has 134 valence electrons. The monoisotopic (exact) mass is 354 g/mol. The molecule has 2 aromatic carbocycles. The number of hydrogen-bond acceptors (Lipinski definition) is 2. The molecule has 0 N–H and O–H groups in total. The molecule has 1 fully saturated rings. The highest BCUT2D eigenvalue weighted by atomic mass is 19.2. The summed E-state index contributed by atoms with van der Waals surface area (Å²) >= 11 is 0. The Balaban J connectivity index is 1.59. The van der Waals surface area contributed by atoms with E-state index in [0.29, 0.717) is 24.7 Å². The van der Waals surface area contributed by atoms with E-state index >= 15 is 0 Å². The molecule has 1 saturated heterocycles. The summed E-state index contributed by atoms with van der Waals surface area (Å²) in [5.41, 5.74) is 2.22.